The van der Waals surface area contributed by atoms with Crippen LogP contribution in [0.3, 0.4) is 0 Å². The summed E-state index contributed by atoms with van der Waals surface area (Å²) in [5.74, 6) is 0. The summed E-state index contributed by atoms with van der Waals surface area (Å²) < 4.78 is 47.9. The van der Waals surface area contributed by atoms with Crippen LogP contribution in [0.5, 0.6) is 0 Å². The molecule has 0 atom stereocenters. The topological polar surface area (TPSA) is 27.3 Å². The van der Waals surface area contributed by atoms with Gasteiger partial charge in [0.2, 0.25) is 0 Å². The summed E-state index contributed by atoms with van der Waals surface area (Å²) in [6.07, 6.45) is 0. The molecule has 0 radical (unpaired) electrons. The van der Waals surface area contributed by atoms with Crippen molar-refractivity contribution >= 4 is 22.7 Å². The predicted octanol–water partition coefficient (Wildman–Crippen LogP) is 7.07. The number of rotatable bonds is 7. The van der Waals surface area contributed by atoms with E-state index in [2.05, 4.69) is 48.4 Å². The summed E-state index contributed by atoms with van der Waals surface area (Å²) in [5.41, 5.74) is 4.58. The van der Waals surface area contributed by atoms with Gasteiger partial charge in [-0.25, -0.2) is 0 Å². The van der Waals surface area contributed by atoms with Crippen molar-refractivity contribution in [1.82, 2.24) is 0 Å². The van der Waals surface area contributed by atoms with E-state index in [1.807, 2.05) is 42.5 Å². The first-order valence-corrected chi connectivity index (χ1v) is 10.3. The average molecular weight is 408 g/mol. The highest BCUT2D eigenvalue weighted by Gasteiger charge is 2.17. The molecule has 0 fully saturated rings. The average Bonchev–Trinajstić information content (AvgIpc) is 2.78. The fourth-order valence-corrected chi connectivity index (χ4v) is 3.83. The molecular formula is C27H35N3. The van der Waals surface area contributed by atoms with Gasteiger partial charge < -0.3 is 15.5 Å². The zero-order valence-corrected chi connectivity index (χ0v) is 18.2. The smallest absolute Gasteiger partial charge is 0.0647 e. The lowest BCUT2D eigenvalue weighted by Crippen LogP contribution is -2.29. The summed E-state index contributed by atoms with van der Waals surface area (Å²) in [5, 5.41) is 6.45. The van der Waals surface area contributed by atoms with Crippen molar-refractivity contribution in [1.29, 1.82) is 0 Å². The minimum absolute atomic E-state index is 0.443. The molecule has 0 aliphatic heterocycles. The molecule has 2 N–H and O–H groups in total. The van der Waals surface area contributed by atoms with Crippen LogP contribution < -0.4 is 15.5 Å². The lowest BCUT2D eigenvalue weighted by Gasteiger charge is -2.31. The lowest BCUT2D eigenvalue weighted by atomic mass is 10.1. The molecule has 30 heavy (non-hydrogen) atoms. The van der Waals surface area contributed by atoms with Crippen LogP contribution in [0.4, 0.5) is 22.7 Å². The van der Waals surface area contributed by atoms with E-state index < -0.39 is 19.2 Å². The zero-order chi connectivity index (χ0) is 26.7. The highest BCUT2D eigenvalue weighted by atomic mass is 15.2. The first-order chi connectivity index (χ1) is 16.7. The molecule has 158 valence electrons. The SMILES string of the molecule is [2H]C([2H])([2H])C(C)(Nc1ccccc1N(CCNc1c(C)cc(C)cc1C)c1ccccc1)C([2H])([2H])[2H]. The Kier molecular flexibility index (Phi) is 4.61. The molecule has 0 spiro atoms. The second kappa shape index (κ2) is 9.25. The number of hydrogen-bond donors (Lipinski definition) is 2. The van der Waals surface area contributed by atoms with Crippen LogP contribution in [0, 0.1) is 20.8 Å². The van der Waals surface area contributed by atoms with Crippen LogP contribution in [0.15, 0.2) is 66.7 Å². The minimum Gasteiger partial charge on any atom is -0.383 e. The van der Waals surface area contributed by atoms with E-state index in [1.54, 1.807) is 12.1 Å². The molecule has 3 nitrogen and oxygen atoms in total. The van der Waals surface area contributed by atoms with Crippen molar-refractivity contribution in [3.05, 3.63) is 83.4 Å². The molecule has 3 aromatic carbocycles. The van der Waals surface area contributed by atoms with Gasteiger partial charge in [-0.15, -0.1) is 0 Å². The van der Waals surface area contributed by atoms with Gasteiger partial charge in [0, 0.05) is 38.2 Å². The molecule has 0 heterocycles. The first kappa shape index (κ1) is 15.0. The molecule has 0 aromatic heterocycles. The van der Waals surface area contributed by atoms with Crippen molar-refractivity contribution in [3.8, 4) is 0 Å². The van der Waals surface area contributed by atoms with E-state index in [9.17, 15) is 0 Å². The Labute approximate surface area is 190 Å². The van der Waals surface area contributed by atoms with Crippen LogP contribution in [0.25, 0.3) is 0 Å². The van der Waals surface area contributed by atoms with Crippen LogP contribution in [-0.4, -0.2) is 18.6 Å². The number of para-hydroxylation sites is 3. The molecule has 0 saturated heterocycles. The van der Waals surface area contributed by atoms with E-state index in [0.717, 1.165) is 11.4 Å². The Bertz CT molecular complexity index is 1140. The monoisotopic (exact) mass is 407 g/mol. The Balaban J connectivity index is 1.98. The molecule has 3 rings (SSSR count). The number of nitrogens with one attached hydrogen (secondary N) is 2. The van der Waals surface area contributed by atoms with Gasteiger partial charge in [0.25, 0.3) is 0 Å². The largest absolute Gasteiger partial charge is 0.383 e. The van der Waals surface area contributed by atoms with E-state index in [0.29, 0.717) is 24.5 Å². The van der Waals surface area contributed by atoms with Crippen LogP contribution in [0.2, 0.25) is 0 Å². The fourth-order valence-electron chi connectivity index (χ4n) is 3.83. The molecule has 0 amide bonds. The molecule has 3 aromatic rings. The van der Waals surface area contributed by atoms with E-state index >= 15 is 0 Å². The van der Waals surface area contributed by atoms with Crippen molar-refractivity contribution in [3.63, 3.8) is 0 Å². The number of benzene rings is 3. The highest BCUT2D eigenvalue weighted by molar-refractivity contribution is 5.77. The normalized spacial score (nSPS) is 15.1. The molecule has 0 aliphatic carbocycles. The van der Waals surface area contributed by atoms with Crippen LogP contribution >= 0.6 is 0 Å². The minimum atomic E-state index is -2.76. The Morgan fingerprint density at radius 2 is 1.53 bits per heavy atom. The number of anilines is 4. The summed E-state index contributed by atoms with van der Waals surface area (Å²) in [4.78, 5) is 2.06. The van der Waals surface area contributed by atoms with Gasteiger partial charge in [0.15, 0.2) is 0 Å². The van der Waals surface area contributed by atoms with Gasteiger partial charge in [-0.3, -0.25) is 0 Å². The standard InChI is InChI=1S/C27H35N3/c1-20-18-21(2)26(22(3)19-20)28-16-17-30(23-12-8-7-9-13-23)25-15-11-10-14-24(25)29-27(4,5)6/h7-15,18-19,28-29H,16-17H2,1-6H3/i4D3,5D3. The third kappa shape index (κ3) is 5.56. The van der Waals surface area contributed by atoms with Crippen molar-refractivity contribution < 1.29 is 8.22 Å². The molecule has 0 aliphatic rings. The fraction of sp³-hybridized carbons (Fsp3) is 0.333. The number of nitrogens with zero attached hydrogens (tertiary/aromatic N) is 1. The summed E-state index contributed by atoms with van der Waals surface area (Å²) in [7, 11) is 0. The Morgan fingerprint density at radius 1 is 0.900 bits per heavy atom. The molecule has 3 heteroatoms. The van der Waals surface area contributed by atoms with E-state index in [-0.39, 0.29) is 0 Å². The van der Waals surface area contributed by atoms with Gasteiger partial charge in [-0.2, -0.15) is 0 Å². The van der Waals surface area contributed by atoms with Crippen LogP contribution in [-0.2, 0) is 0 Å². The Hall–Kier alpha value is -2.94. The predicted molar refractivity (Wildman–Crippen MR) is 132 cm³/mol. The maximum Gasteiger partial charge on any atom is 0.0647 e. The highest BCUT2D eigenvalue weighted by Crippen LogP contribution is 2.33. The maximum absolute atomic E-state index is 7.98. The van der Waals surface area contributed by atoms with Crippen molar-refractivity contribution in [2.45, 2.75) is 46.9 Å². The third-order valence-electron chi connectivity index (χ3n) is 4.96. The van der Waals surface area contributed by atoms with Gasteiger partial charge in [-0.05, 0) is 76.8 Å². The van der Waals surface area contributed by atoms with Gasteiger partial charge in [0.1, 0.15) is 0 Å². The lowest BCUT2D eigenvalue weighted by molar-refractivity contribution is 0.634. The van der Waals surface area contributed by atoms with Crippen molar-refractivity contribution in [2.24, 2.45) is 0 Å². The van der Waals surface area contributed by atoms with E-state index in [1.165, 1.54) is 23.6 Å². The zero-order valence-electron chi connectivity index (χ0n) is 24.2. The third-order valence-corrected chi connectivity index (χ3v) is 4.96. The Morgan fingerprint density at radius 3 is 2.20 bits per heavy atom. The van der Waals surface area contributed by atoms with Gasteiger partial charge in [0.05, 0.1) is 11.4 Å². The number of hydrogen-bond acceptors (Lipinski definition) is 3. The molecule has 0 bridgehead atoms. The van der Waals surface area contributed by atoms with Crippen molar-refractivity contribution in [2.75, 3.05) is 28.6 Å². The van der Waals surface area contributed by atoms with E-state index in [4.69, 9.17) is 8.22 Å². The second-order valence-corrected chi connectivity index (χ2v) is 7.95. The quantitative estimate of drug-likeness (QED) is 0.438. The van der Waals surface area contributed by atoms with Crippen LogP contribution in [0.1, 0.15) is 45.5 Å². The van der Waals surface area contributed by atoms with Gasteiger partial charge in [-0.1, -0.05) is 48.0 Å². The second-order valence-electron chi connectivity index (χ2n) is 7.95. The summed E-state index contributed by atoms with van der Waals surface area (Å²) in [6.45, 7) is 3.15. The summed E-state index contributed by atoms with van der Waals surface area (Å²) in [6, 6.07) is 21.3. The maximum atomic E-state index is 7.98. The van der Waals surface area contributed by atoms with Gasteiger partial charge >= 0.3 is 0 Å². The first-order valence-electron chi connectivity index (χ1n) is 13.3. The molecule has 0 saturated carbocycles. The molecule has 0 unspecified atom stereocenters. The number of aryl methyl sites for hydroxylation is 3. The summed E-state index contributed by atoms with van der Waals surface area (Å²) >= 11 is 0. The molecular weight excluding hydrogens is 366 g/mol.